The second-order valence-corrected chi connectivity index (χ2v) is 5.27. The van der Waals surface area contributed by atoms with Crippen molar-refractivity contribution in [3.63, 3.8) is 0 Å². The lowest BCUT2D eigenvalue weighted by atomic mass is 10.2. The van der Waals surface area contributed by atoms with Crippen molar-refractivity contribution in [2.45, 2.75) is 20.3 Å². The van der Waals surface area contributed by atoms with E-state index in [4.69, 9.17) is 10.5 Å². The predicted octanol–water partition coefficient (Wildman–Crippen LogP) is 2.37. The van der Waals surface area contributed by atoms with Crippen LogP contribution in [0.5, 0.6) is 0 Å². The first-order valence-corrected chi connectivity index (χ1v) is 6.94. The highest BCUT2D eigenvalue weighted by molar-refractivity contribution is 5.92. The van der Waals surface area contributed by atoms with Crippen LogP contribution in [0.2, 0.25) is 0 Å². The van der Waals surface area contributed by atoms with E-state index in [0.29, 0.717) is 30.1 Å². The van der Waals surface area contributed by atoms with E-state index in [1.54, 1.807) is 24.3 Å². The molecule has 1 rings (SSSR count). The van der Waals surface area contributed by atoms with Gasteiger partial charge >= 0.3 is 0 Å². The van der Waals surface area contributed by atoms with E-state index in [1.807, 2.05) is 11.0 Å². The number of carbonyl (C=O) groups is 1. The number of rotatable bonds is 7. The van der Waals surface area contributed by atoms with Gasteiger partial charge in [0.25, 0.3) is 0 Å². The maximum atomic E-state index is 12.0. The van der Waals surface area contributed by atoms with Crippen molar-refractivity contribution < 1.29 is 4.79 Å². The zero-order chi connectivity index (χ0) is 15.7. The van der Waals surface area contributed by atoms with E-state index in [-0.39, 0.29) is 12.5 Å². The summed E-state index contributed by atoms with van der Waals surface area (Å²) in [5.41, 5.74) is 1.23. The minimum atomic E-state index is -0.113. The number of amides is 1. The van der Waals surface area contributed by atoms with E-state index in [1.165, 1.54) is 0 Å². The molecule has 0 atom stereocenters. The molecular weight excluding hydrogens is 264 g/mol. The molecule has 0 aliphatic carbocycles. The molecular formula is C16H20N4O. The third-order valence-corrected chi connectivity index (χ3v) is 2.83. The normalized spacial score (nSPS) is 10.2. The second-order valence-electron chi connectivity index (χ2n) is 5.27. The molecule has 1 aromatic carbocycles. The molecule has 0 unspecified atom stereocenters. The maximum absolute atomic E-state index is 12.0. The molecule has 5 nitrogen and oxygen atoms in total. The molecule has 0 saturated carbocycles. The third kappa shape index (κ3) is 6.56. The fourth-order valence-corrected chi connectivity index (χ4v) is 1.99. The Labute approximate surface area is 125 Å². The van der Waals surface area contributed by atoms with Gasteiger partial charge in [-0.2, -0.15) is 10.5 Å². The topological polar surface area (TPSA) is 79.9 Å². The molecule has 0 spiro atoms. The first-order chi connectivity index (χ1) is 10.0. The summed E-state index contributed by atoms with van der Waals surface area (Å²) in [5.74, 6) is 0.324. The van der Waals surface area contributed by atoms with Gasteiger partial charge in [-0.25, -0.2) is 0 Å². The van der Waals surface area contributed by atoms with Gasteiger partial charge in [-0.1, -0.05) is 13.8 Å². The summed E-state index contributed by atoms with van der Waals surface area (Å²) >= 11 is 0. The van der Waals surface area contributed by atoms with Gasteiger partial charge < -0.3 is 5.32 Å². The Hall–Kier alpha value is -2.37. The SMILES string of the molecule is CC(C)CN(CCC#N)CC(=O)Nc1ccc(C#N)cc1. The highest BCUT2D eigenvalue weighted by Gasteiger charge is 2.12. The van der Waals surface area contributed by atoms with Gasteiger partial charge in [0.15, 0.2) is 0 Å². The lowest BCUT2D eigenvalue weighted by Gasteiger charge is -2.22. The van der Waals surface area contributed by atoms with Crippen LogP contribution in [-0.4, -0.2) is 30.4 Å². The summed E-state index contributed by atoms with van der Waals surface area (Å²) in [6, 6.07) is 10.9. The van der Waals surface area contributed by atoms with Crippen LogP contribution >= 0.6 is 0 Å². The van der Waals surface area contributed by atoms with Crippen LogP contribution in [0.25, 0.3) is 0 Å². The molecule has 5 heteroatoms. The molecule has 1 amide bonds. The molecule has 1 aromatic rings. The molecule has 110 valence electrons. The lowest BCUT2D eigenvalue weighted by Crippen LogP contribution is -2.36. The summed E-state index contributed by atoms with van der Waals surface area (Å²) in [7, 11) is 0. The van der Waals surface area contributed by atoms with Gasteiger partial charge in [0.1, 0.15) is 0 Å². The van der Waals surface area contributed by atoms with Gasteiger partial charge in [-0.05, 0) is 30.2 Å². The van der Waals surface area contributed by atoms with Gasteiger partial charge in [0.2, 0.25) is 5.91 Å². The fraction of sp³-hybridized carbons (Fsp3) is 0.438. The van der Waals surface area contributed by atoms with Crippen LogP contribution in [0.3, 0.4) is 0 Å². The number of benzene rings is 1. The summed E-state index contributed by atoms with van der Waals surface area (Å²) in [6.07, 6.45) is 0.414. The number of nitrogens with zero attached hydrogens (tertiary/aromatic N) is 3. The van der Waals surface area contributed by atoms with E-state index in [0.717, 1.165) is 6.54 Å². The van der Waals surface area contributed by atoms with Crippen LogP contribution in [0.15, 0.2) is 24.3 Å². The number of anilines is 1. The quantitative estimate of drug-likeness (QED) is 0.833. The molecule has 0 aliphatic rings. The highest BCUT2D eigenvalue weighted by atomic mass is 16.2. The minimum absolute atomic E-state index is 0.113. The molecule has 0 aromatic heterocycles. The van der Waals surface area contributed by atoms with Crippen molar-refractivity contribution in [1.29, 1.82) is 10.5 Å². The summed E-state index contributed by atoms with van der Waals surface area (Å²) < 4.78 is 0. The molecule has 0 aliphatic heterocycles. The Bertz CT molecular complexity index is 537. The molecule has 1 N–H and O–H groups in total. The zero-order valence-electron chi connectivity index (χ0n) is 12.5. The number of hydrogen-bond acceptors (Lipinski definition) is 4. The van der Waals surface area contributed by atoms with Crippen molar-refractivity contribution in [3.8, 4) is 12.1 Å². The molecule has 0 fully saturated rings. The first-order valence-electron chi connectivity index (χ1n) is 6.94. The number of nitriles is 2. The van der Waals surface area contributed by atoms with Crippen LogP contribution < -0.4 is 5.32 Å². The van der Waals surface area contributed by atoms with Gasteiger partial charge in [0, 0.05) is 25.2 Å². The monoisotopic (exact) mass is 284 g/mol. The van der Waals surface area contributed by atoms with Gasteiger partial charge in [-0.3, -0.25) is 9.69 Å². The van der Waals surface area contributed by atoms with Crippen LogP contribution in [0.1, 0.15) is 25.8 Å². The second kappa shape index (κ2) is 8.73. The van der Waals surface area contributed by atoms with E-state index >= 15 is 0 Å². The summed E-state index contributed by atoms with van der Waals surface area (Å²) in [5, 5.41) is 20.2. The Morgan fingerprint density at radius 2 is 1.95 bits per heavy atom. The standard InChI is InChI=1S/C16H20N4O/c1-13(2)11-20(9-3-8-17)12-16(21)19-15-6-4-14(10-18)5-7-15/h4-7,13H,3,9,11-12H2,1-2H3,(H,19,21). The third-order valence-electron chi connectivity index (χ3n) is 2.83. The van der Waals surface area contributed by atoms with Crippen molar-refractivity contribution in [3.05, 3.63) is 29.8 Å². The van der Waals surface area contributed by atoms with Crippen LogP contribution in [-0.2, 0) is 4.79 Å². The van der Waals surface area contributed by atoms with E-state index < -0.39 is 0 Å². The average molecular weight is 284 g/mol. The predicted molar refractivity (Wildman–Crippen MR) is 81.3 cm³/mol. The van der Waals surface area contributed by atoms with Crippen molar-refractivity contribution in [1.82, 2.24) is 4.90 Å². The molecule has 0 heterocycles. The molecule has 0 saturated heterocycles. The average Bonchev–Trinajstić information content (AvgIpc) is 2.45. The maximum Gasteiger partial charge on any atom is 0.238 e. The van der Waals surface area contributed by atoms with Crippen LogP contribution in [0, 0.1) is 28.6 Å². The first kappa shape index (κ1) is 16.7. The summed E-state index contributed by atoms with van der Waals surface area (Å²) in [6.45, 7) is 5.80. The van der Waals surface area contributed by atoms with E-state index in [2.05, 4.69) is 25.2 Å². The van der Waals surface area contributed by atoms with Crippen molar-refractivity contribution in [2.75, 3.05) is 25.0 Å². The summed E-state index contributed by atoms with van der Waals surface area (Å²) in [4.78, 5) is 14.0. The van der Waals surface area contributed by atoms with Crippen molar-refractivity contribution >= 4 is 11.6 Å². The molecule has 0 radical (unpaired) electrons. The van der Waals surface area contributed by atoms with Crippen LogP contribution in [0.4, 0.5) is 5.69 Å². The number of carbonyl (C=O) groups excluding carboxylic acids is 1. The lowest BCUT2D eigenvalue weighted by molar-refractivity contribution is -0.117. The Morgan fingerprint density at radius 3 is 2.48 bits per heavy atom. The highest BCUT2D eigenvalue weighted by Crippen LogP contribution is 2.09. The molecule has 0 bridgehead atoms. The zero-order valence-corrected chi connectivity index (χ0v) is 12.5. The minimum Gasteiger partial charge on any atom is -0.325 e. The van der Waals surface area contributed by atoms with Gasteiger partial charge in [-0.15, -0.1) is 0 Å². The number of nitrogens with one attached hydrogen (secondary N) is 1. The Morgan fingerprint density at radius 1 is 1.29 bits per heavy atom. The smallest absolute Gasteiger partial charge is 0.238 e. The largest absolute Gasteiger partial charge is 0.325 e. The van der Waals surface area contributed by atoms with Gasteiger partial charge in [0.05, 0.1) is 24.2 Å². The van der Waals surface area contributed by atoms with Crippen molar-refractivity contribution in [2.24, 2.45) is 5.92 Å². The number of hydrogen-bond donors (Lipinski definition) is 1. The Balaban J connectivity index is 2.56. The molecule has 21 heavy (non-hydrogen) atoms. The fourth-order valence-electron chi connectivity index (χ4n) is 1.99. The van der Waals surface area contributed by atoms with E-state index in [9.17, 15) is 4.79 Å². The Kier molecular flexibility index (Phi) is 6.94.